The quantitative estimate of drug-likeness (QED) is 0.242. The molecule has 0 aliphatic carbocycles. The van der Waals surface area contributed by atoms with Gasteiger partial charge in [-0.05, 0) is 38.0 Å². The summed E-state index contributed by atoms with van der Waals surface area (Å²) in [4.78, 5) is 43.7. The summed E-state index contributed by atoms with van der Waals surface area (Å²) in [6.07, 6.45) is 1.69. The van der Waals surface area contributed by atoms with Gasteiger partial charge in [0.25, 0.3) is 0 Å². The van der Waals surface area contributed by atoms with Crippen LogP contribution in [0.25, 0.3) is 11.2 Å². The normalized spacial score (nSPS) is 14.9. The van der Waals surface area contributed by atoms with Crippen LogP contribution in [0, 0.1) is 5.92 Å². The zero-order valence-corrected chi connectivity index (χ0v) is 23.2. The number of halogens is 1. The minimum absolute atomic E-state index is 0.0687. The Labute approximate surface area is 214 Å². The SMILES string of the molecule is CC(C)C(COP(=O)(O)CP(=O)(O)O)Nc1nc(N(C)c2cccc(Cl)c2)c2ncn(C(C)C)c2n1. The van der Waals surface area contributed by atoms with Gasteiger partial charge < -0.3 is 34.0 Å². The maximum atomic E-state index is 12.1. The van der Waals surface area contributed by atoms with Crippen molar-refractivity contribution in [2.24, 2.45) is 5.92 Å². The number of hydrogen-bond donors (Lipinski definition) is 4. The molecule has 4 N–H and O–H groups in total. The van der Waals surface area contributed by atoms with Gasteiger partial charge in [-0.15, -0.1) is 0 Å². The molecule has 3 rings (SSSR count). The smallest absolute Gasteiger partial charge is 0.340 e. The van der Waals surface area contributed by atoms with Gasteiger partial charge in [-0.1, -0.05) is 31.5 Å². The highest BCUT2D eigenvalue weighted by atomic mass is 35.5. The molecule has 0 fully saturated rings. The van der Waals surface area contributed by atoms with E-state index < -0.39 is 27.1 Å². The van der Waals surface area contributed by atoms with Gasteiger partial charge in [-0.25, -0.2) is 4.98 Å². The summed E-state index contributed by atoms with van der Waals surface area (Å²) in [6.45, 7) is 7.43. The molecule has 0 spiro atoms. The Morgan fingerprint density at radius 2 is 1.86 bits per heavy atom. The fraction of sp³-hybridized carbons (Fsp3) is 0.476. The molecule has 0 amide bonds. The van der Waals surface area contributed by atoms with Gasteiger partial charge in [0.05, 0.1) is 19.0 Å². The van der Waals surface area contributed by atoms with E-state index in [1.807, 2.05) is 56.3 Å². The molecule has 0 aliphatic rings. The molecule has 0 bridgehead atoms. The average Bonchev–Trinajstić information content (AvgIpc) is 3.18. The number of anilines is 3. The Kier molecular flexibility index (Phi) is 8.83. The van der Waals surface area contributed by atoms with Crippen molar-refractivity contribution in [2.75, 3.05) is 29.8 Å². The van der Waals surface area contributed by atoms with Crippen LogP contribution in [0.2, 0.25) is 5.02 Å². The molecule has 12 nitrogen and oxygen atoms in total. The molecule has 0 saturated heterocycles. The zero-order chi connectivity index (χ0) is 26.8. The van der Waals surface area contributed by atoms with Crippen LogP contribution < -0.4 is 10.2 Å². The first-order valence-corrected chi connectivity index (χ1v) is 15.1. The summed E-state index contributed by atoms with van der Waals surface area (Å²) in [5, 5.41) is 3.72. The predicted molar refractivity (Wildman–Crippen MR) is 140 cm³/mol. The van der Waals surface area contributed by atoms with Crippen molar-refractivity contribution in [3.63, 3.8) is 0 Å². The first-order valence-electron chi connectivity index (χ1n) is 11.2. The Bertz CT molecular complexity index is 1310. The second-order valence-electron chi connectivity index (χ2n) is 9.06. The molecule has 0 saturated carbocycles. The molecular weight excluding hydrogens is 530 g/mol. The number of rotatable bonds is 11. The number of nitrogens with zero attached hydrogens (tertiary/aromatic N) is 5. The lowest BCUT2D eigenvalue weighted by Crippen LogP contribution is -2.32. The van der Waals surface area contributed by atoms with E-state index in [-0.39, 0.29) is 24.5 Å². The van der Waals surface area contributed by atoms with E-state index in [2.05, 4.69) is 20.3 Å². The van der Waals surface area contributed by atoms with E-state index in [1.165, 1.54) is 0 Å². The Balaban J connectivity index is 1.98. The summed E-state index contributed by atoms with van der Waals surface area (Å²) in [6, 6.07) is 6.81. The zero-order valence-electron chi connectivity index (χ0n) is 20.6. The highest BCUT2D eigenvalue weighted by Crippen LogP contribution is 2.55. The molecule has 2 unspecified atom stereocenters. The molecule has 198 valence electrons. The largest absolute Gasteiger partial charge is 0.349 e. The van der Waals surface area contributed by atoms with Gasteiger partial charge in [0, 0.05) is 23.8 Å². The minimum atomic E-state index is -4.73. The van der Waals surface area contributed by atoms with Crippen LogP contribution >= 0.6 is 26.8 Å². The minimum Gasteiger partial charge on any atom is -0.349 e. The van der Waals surface area contributed by atoms with Crippen LogP contribution in [0.15, 0.2) is 30.6 Å². The monoisotopic (exact) mass is 560 g/mol. The number of benzene rings is 1. The van der Waals surface area contributed by atoms with Gasteiger partial charge in [-0.2, -0.15) is 9.97 Å². The highest BCUT2D eigenvalue weighted by molar-refractivity contribution is 7.70. The fourth-order valence-electron chi connectivity index (χ4n) is 3.42. The van der Waals surface area contributed by atoms with Crippen LogP contribution in [0.4, 0.5) is 17.5 Å². The van der Waals surface area contributed by atoms with Crippen molar-refractivity contribution >= 4 is 55.4 Å². The van der Waals surface area contributed by atoms with Crippen molar-refractivity contribution in [1.29, 1.82) is 0 Å². The summed E-state index contributed by atoms with van der Waals surface area (Å²) < 4.78 is 30.3. The van der Waals surface area contributed by atoms with Crippen LogP contribution in [-0.2, 0) is 13.7 Å². The lowest BCUT2D eigenvalue weighted by Gasteiger charge is -2.25. The number of hydrogen-bond acceptors (Lipinski definition) is 8. The van der Waals surface area contributed by atoms with E-state index in [0.29, 0.717) is 22.0 Å². The summed E-state index contributed by atoms with van der Waals surface area (Å²) in [7, 11) is -7.41. The Morgan fingerprint density at radius 1 is 1.17 bits per heavy atom. The van der Waals surface area contributed by atoms with E-state index >= 15 is 0 Å². The van der Waals surface area contributed by atoms with Crippen molar-refractivity contribution < 1.29 is 28.3 Å². The first kappa shape index (κ1) is 28.5. The van der Waals surface area contributed by atoms with Gasteiger partial charge >= 0.3 is 15.2 Å². The molecule has 3 aromatic rings. The maximum absolute atomic E-state index is 12.1. The third-order valence-corrected chi connectivity index (χ3v) is 9.10. The topological polar surface area (TPSA) is 163 Å². The standard InChI is InChI=1S/C21H31ClN6O6P2/c1-13(2)17(10-34-36(32,33)12-35(29,30)31)24-21-25-19(27(5)16-8-6-7-15(22)9-16)18-20(26-21)28(11-23-18)14(3)4/h6-9,11,13-14,17H,10,12H2,1-5H3,(H,32,33)(H,24,25,26)(H2,29,30,31). The van der Waals surface area contributed by atoms with Gasteiger partial charge in [0.2, 0.25) is 5.95 Å². The molecule has 15 heteroatoms. The lowest BCUT2D eigenvalue weighted by molar-refractivity contribution is 0.232. The molecule has 0 aliphatic heterocycles. The Morgan fingerprint density at radius 3 is 2.44 bits per heavy atom. The lowest BCUT2D eigenvalue weighted by atomic mass is 10.1. The fourth-order valence-corrected chi connectivity index (χ4v) is 6.19. The number of nitrogens with one attached hydrogen (secondary N) is 1. The number of fused-ring (bicyclic) bond motifs is 1. The third-order valence-electron chi connectivity index (χ3n) is 5.41. The van der Waals surface area contributed by atoms with Crippen LogP contribution in [0.3, 0.4) is 0 Å². The second kappa shape index (κ2) is 11.1. The van der Waals surface area contributed by atoms with Crippen molar-refractivity contribution in [1.82, 2.24) is 19.5 Å². The predicted octanol–water partition coefficient (Wildman–Crippen LogP) is 4.60. The van der Waals surface area contributed by atoms with E-state index in [0.717, 1.165) is 5.69 Å². The molecule has 2 atom stereocenters. The molecule has 1 aromatic carbocycles. The average molecular weight is 561 g/mol. The van der Waals surface area contributed by atoms with Crippen LogP contribution in [-0.4, -0.2) is 59.8 Å². The van der Waals surface area contributed by atoms with Crippen LogP contribution in [0.5, 0.6) is 0 Å². The molecule has 2 aromatic heterocycles. The maximum Gasteiger partial charge on any atom is 0.340 e. The molecule has 2 heterocycles. The second-order valence-corrected chi connectivity index (χ2v) is 13.5. The molecular formula is C21H31ClN6O6P2. The van der Waals surface area contributed by atoms with Crippen molar-refractivity contribution in [2.45, 2.75) is 39.8 Å². The van der Waals surface area contributed by atoms with Gasteiger partial charge in [-0.3, -0.25) is 9.13 Å². The molecule has 36 heavy (non-hydrogen) atoms. The van der Waals surface area contributed by atoms with E-state index in [4.69, 9.17) is 25.9 Å². The first-order chi connectivity index (χ1) is 16.7. The van der Waals surface area contributed by atoms with Crippen molar-refractivity contribution in [3.05, 3.63) is 35.6 Å². The molecule has 0 radical (unpaired) electrons. The third kappa shape index (κ3) is 7.26. The van der Waals surface area contributed by atoms with E-state index in [1.54, 1.807) is 18.5 Å². The Hall–Kier alpha value is -2.04. The van der Waals surface area contributed by atoms with E-state index in [9.17, 15) is 14.0 Å². The van der Waals surface area contributed by atoms with Gasteiger partial charge in [0.15, 0.2) is 22.9 Å². The van der Waals surface area contributed by atoms with Crippen LogP contribution in [0.1, 0.15) is 33.7 Å². The summed E-state index contributed by atoms with van der Waals surface area (Å²) in [5.41, 5.74) is 1.95. The summed E-state index contributed by atoms with van der Waals surface area (Å²) >= 11 is 6.19. The van der Waals surface area contributed by atoms with Gasteiger partial charge in [0.1, 0.15) is 0 Å². The summed E-state index contributed by atoms with van der Waals surface area (Å²) in [5.74, 6) is -0.612. The highest BCUT2D eigenvalue weighted by Gasteiger charge is 2.32. The van der Waals surface area contributed by atoms with Crippen molar-refractivity contribution in [3.8, 4) is 0 Å². The number of aromatic nitrogens is 4. The number of imidazole rings is 1.